The number of methoxy groups -OCH3 is 2. The fourth-order valence-corrected chi connectivity index (χ4v) is 5.69. The number of nitrogens with one attached hydrogen (secondary N) is 1. The van der Waals surface area contributed by atoms with Gasteiger partial charge in [0, 0.05) is 51.5 Å². The molecule has 186 valence electrons. The van der Waals surface area contributed by atoms with Crippen molar-refractivity contribution in [1.82, 2.24) is 9.62 Å². The third kappa shape index (κ3) is 5.61. The molecule has 4 rings (SSSR count). The number of hydrogen-bond acceptors (Lipinski definition) is 6. The molecule has 0 bridgehead atoms. The summed E-state index contributed by atoms with van der Waals surface area (Å²) in [6, 6.07) is 21.4. The van der Waals surface area contributed by atoms with Crippen LogP contribution >= 0.6 is 0 Å². The van der Waals surface area contributed by atoms with E-state index in [1.54, 1.807) is 12.1 Å². The van der Waals surface area contributed by atoms with Crippen molar-refractivity contribution in [2.45, 2.75) is 23.9 Å². The minimum Gasteiger partial charge on any atom is -0.497 e. The maximum Gasteiger partial charge on any atom is 0.244 e. The highest BCUT2D eigenvalue weighted by Crippen LogP contribution is 2.31. The zero-order valence-electron chi connectivity index (χ0n) is 20.7. The van der Waals surface area contributed by atoms with E-state index in [1.165, 1.54) is 31.4 Å². The third-order valence-electron chi connectivity index (χ3n) is 6.52. The summed E-state index contributed by atoms with van der Waals surface area (Å²) in [7, 11) is 3.18. The van der Waals surface area contributed by atoms with Crippen molar-refractivity contribution in [2.75, 3.05) is 46.3 Å². The van der Waals surface area contributed by atoms with E-state index in [0.717, 1.165) is 30.8 Å². The molecule has 0 spiro atoms. The highest BCUT2D eigenvalue weighted by atomic mass is 32.2. The first-order chi connectivity index (χ1) is 16.8. The number of nitrogens with zero attached hydrogens (tertiary/aromatic N) is 2. The van der Waals surface area contributed by atoms with E-state index in [9.17, 15) is 8.42 Å². The summed E-state index contributed by atoms with van der Waals surface area (Å²) in [6.07, 6.45) is 0.932. The fraction of sp³-hybridized carbons (Fsp3) is 0.333. The molecule has 1 heterocycles. The minimum atomic E-state index is -3.82. The van der Waals surface area contributed by atoms with Crippen LogP contribution in [0.4, 0.5) is 5.69 Å². The van der Waals surface area contributed by atoms with Gasteiger partial charge in [-0.15, -0.1) is 0 Å². The Morgan fingerprint density at radius 3 is 2.34 bits per heavy atom. The highest BCUT2D eigenvalue weighted by molar-refractivity contribution is 7.89. The maximum atomic E-state index is 13.3. The molecule has 35 heavy (non-hydrogen) atoms. The van der Waals surface area contributed by atoms with Crippen molar-refractivity contribution in [3.8, 4) is 11.5 Å². The molecular formula is C27H33N3O4S. The van der Waals surface area contributed by atoms with Gasteiger partial charge in [-0.3, -0.25) is 4.90 Å². The van der Waals surface area contributed by atoms with E-state index < -0.39 is 10.0 Å². The van der Waals surface area contributed by atoms with Crippen LogP contribution in [0, 0.1) is 0 Å². The van der Waals surface area contributed by atoms with Crippen molar-refractivity contribution in [3.63, 3.8) is 0 Å². The van der Waals surface area contributed by atoms with Gasteiger partial charge in [-0.1, -0.05) is 36.4 Å². The summed E-state index contributed by atoms with van der Waals surface area (Å²) in [4.78, 5) is 4.49. The number of rotatable bonds is 9. The van der Waals surface area contributed by atoms with Crippen LogP contribution in [0.3, 0.4) is 0 Å². The number of benzene rings is 3. The monoisotopic (exact) mass is 495 g/mol. The zero-order valence-corrected chi connectivity index (χ0v) is 21.5. The molecule has 0 aliphatic carbocycles. The molecule has 1 atom stereocenters. The summed E-state index contributed by atoms with van der Waals surface area (Å²) in [5.41, 5.74) is 4.81. The Kier molecular flexibility index (Phi) is 7.64. The summed E-state index contributed by atoms with van der Waals surface area (Å²) in [5.74, 6) is 0.780. The van der Waals surface area contributed by atoms with Crippen LogP contribution in [0.5, 0.6) is 11.5 Å². The van der Waals surface area contributed by atoms with Gasteiger partial charge in [0.05, 0.1) is 14.2 Å². The number of anilines is 1. The average Bonchev–Trinajstić information content (AvgIpc) is 2.88. The lowest BCUT2D eigenvalue weighted by Gasteiger charge is -2.36. The van der Waals surface area contributed by atoms with E-state index in [0.29, 0.717) is 5.75 Å². The molecule has 1 N–H and O–H groups in total. The highest BCUT2D eigenvalue weighted by Gasteiger charge is 2.28. The first-order valence-electron chi connectivity index (χ1n) is 11.6. The van der Waals surface area contributed by atoms with Gasteiger partial charge in [-0.2, -0.15) is 0 Å². The molecule has 0 radical (unpaired) electrons. The second-order valence-corrected chi connectivity index (χ2v) is 10.6. The van der Waals surface area contributed by atoms with E-state index in [2.05, 4.69) is 63.1 Å². The molecule has 7 nitrogen and oxygen atoms in total. The van der Waals surface area contributed by atoms with Crippen LogP contribution in [0.15, 0.2) is 71.6 Å². The number of ether oxygens (including phenoxy) is 2. The van der Waals surface area contributed by atoms with E-state index in [1.807, 2.05) is 14.1 Å². The molecular weight excluding hydrogens is 462 g/mol. The molecule has 0 aromatic heterocycles. The normalized spacial score (nSPS) is 14.7. The van der Waals surface area contributed by atoms with Gasteiger partial charge in [0.1, 0.15) is 16.4 Å². The summed E-state index contributed by atoms with van der Waals surface area (Å²) >= 11 is 0. The summed E-state index contributed by atoms with van der Waals surface area (Å²) < 4.78 is 40.0. The molecule has 1 aliphatic heterocycles. The Balaban J connectivity index is 1.62. The van der Waals surface area contributed by atoms with Crippen LogP contribution in [-0.2, 0) is 23.0 Å². The predicted molar refractivity (Wildman–Crippen MR) is 139 cm³/mol. The standard InChI is InChI=1S/C27H33N3O4S/c1-29(2)23-11-9-21(10-12-23)25(30-16-15-20-7-5-6-8-22(20)19-30)18-28-35(31,32)27-14-13-24(33-3)17-26(27)34-4/h5-14,17,25,28H,15-16,18-19H2,1-4H3. The first-order valence-corrected chi connectivity index (χ1v) is 13.1. The molecule has 8 heteroatoms. The number of hydrogen-bond donors (Lipinski definition) is 1. The third-order valence-corrected chi connectivity index (χ3v) is 7.99. The quantitative estimate of drug-likeness (QED) is 0.486. The van der Waals surface area contributed by atoms with Crippen LogP contribution in [0.2, 0.25) is 0 Å². The lowest BCUT2D eigenvalue weighted by atomic mass is 9.96. The topological polar surface area (TPSA) is 71.1 Å². The molecule has 3 aromatic rings. The zero-order chi connectivity index (χ0) is 25.0. The summed E-state index contributed by atoms with van der Waals surface area (Å²) in [6.45, 7) is 1.86. The van der Waals surface area contributed by atoms with Crippen molar-refractivity contribution in [2.24, 2.45) is 0 Å². The van der Waals surface area contributed by atoms with Crippen molar-refractivity contribution >= 4 is 15.7 Å². The van der Waals surface area contributed by atoms with Gasteiger partial charge < -0.3 is 14.4 Å². The van der Waals surface area contributed by atoms with Crippen molar-refractivity contribution in [3.05, 3.63) is 83.4 Å². The second-order valence-electron chi connectivity index (χ2n) is 8.86. The van der Waals surface area contributed by atoms with E-state index in [-0.39, 0.29) is 23.2 Å². The number of fused-ring (bicyclic) bond motifs is 1. The van der Waals surface area contributed by atoms with Gasteiger partial charge in [0.2, 0.25) is 10.0 Å². The van der Waals surface area contributed by atoms with E-state index >= 15 is 0 Å². The Hall–Kier alpha value is -3.07. The Morgan fingerprint density at radius 2 is 1.69 bits per heavy atom. The molecule has 0 fully saturated rings. The van der Waals surface area contributed by atoms with Crippen molar-refractivity contribution in [1.29, 1.82) is 0 Å². The van der Waals surface area contributed by atoms with Gasteiger partial charge in [-0.05, 0) is 47.4 Å². The second kappa shape index (κ2) is 10.7. The molecule has 3 aromatic carbocycles. The Morgan fingerprint density at radius 1 is 0.971 bits per heavy atom. The average molecular weight is 496 g/mol. The molecule has 0 saturated heterocycles. The SMILES string of the molecule is COc1ccc(S(=O)(=O)NCC(c2ccc(N(C)C)cc2)N2CCc3ccccc3C2)c(OC)c1. The van der Waals surface area contributed by atoms with Crippen molar-refractivity contribution < 1.29 is 17.9 Å². The molecule has 1 unspecified atom stereocenters. The van der Waals surface area contributed by atoms with E-state index in [4.69, 9.17) is 9.47 Å². The van der Waals surface area contributed by atoms with Crippen LogP contribution < -0.4 is 19.1 Å². The Labute approximate surface area is 208 Å². The number of sulfonamides is 1. The van der Waals surface area contributed by atoms with Crippen LogP contribution in [0.1, 0.15) is 22.7 Å². The smallest absolute Gasteiger partial charge is 0.244 e. The van der Waals surface area contributed by atoms with Crippen LogP contribution in [-0.4, -0.2) is 54.7 Å². The lowest BCUT2D eigenvalue weighted by molar-refractivity contribution is 0.180. The summed E-state index contributed by atoms with van der Waals surface area (Å²) in [5, 5.41) is 0. The molecule has 1 aliphatic rings. The van der Waals surface area contributed by atoms with Crippen LogP contribution in [0.25, 0.3) is 0 Å². The van der Waals surface area contributed by atoms with Gasteiger partial charge in [-0.25, -0.2) is 13.1 Å². The first kappa shape index (κ1) is 25.0. The maximum absolute atomic E-state index is 13.3. The largest absolute Gasteiger partial charge is 0.497 e. The lowest BCUT2D eigenvalue weighted by Crippen LogP contribution is -2.40. The Bertz CT molecular complexity index is 1260. The predicted octanol–water partition coefficient (Wildman–Crippen LogP) is 3.85. The molecule has 0 saturated carbocycles. The molecule has 0 amide bonds. The van der Waals surface area contributed by atoms with Gasteiger partial charge >= 0.3 is 0 Å². The minimum absolute atomic E-state index is 0.0893. The van der Waals surface area contributed by atoms with Gasteiger partial charge in [0.25, 0.3) is 0 Å². The fourth-order valence-electron chi connectivity index (χ4n) is 4.50. The van der Waals surface area contributed by atoms with Gasteiger partial charge in [0.15, 0.2) is 0 Å².